The Morgan fingerprint density at radius 3 is 2.71 bits per heavy atom. The van der Waals surface area contributed by atoms with Gasteiger partial charge in [-0.05, 0) is 20.9 Å². The number of aromatic nitrogens is 4. The average molecular weight is 289 g/mol. The number of fused-ring (bicyclic) bond motifs is 1. The van der Waals surface area contributed by atoms with Crippen molar-refractivity contribution in [3.05, 3.63) is 12.0 Å². The van der Waals surface area contributed by atoms with E-state index in [9.17, 15) is 0 Å². The largest absolute Gasteiger partial charge is 0.383 e. The number of hydrogen-bond donors (Lipinski definition) is 1. The minimum Gasteiger partial charge on any atom is -0.383 e. The van der Waals surface area contributed by atoms with Crippen LogP contribution < -0.4 is 5.73 Å². The van der Waals surface area contributed by atoms with E-state index in [0.717, 1.165) is 43.0 Å². The number of nitrogens with zero attached hydrogens (tertiary/aromatic N) is 6. The van der Waals surface area contributed by atoms with Gasteiger partial charge in [0.25, 0.3) is 0 Å². The van der Waals surface area contributed by atoms with Crippen LogP contribution in [0.25, 0.3) is 11.0 Å². The molecule has 1 saturated heterocycles. The Kier molecular flexibility index (Phi) is 3.33. The van der Waals surface area contributed by atoms with Crippen molar-refractivity contribution in [3.8, 4) is 0 Å². The van der Waals surface area contributed by atoms with E-state index in [-0.39, 0.29) is 5.54 Å². The van der Waals surface area contributed by atoms with Crippen molar-refractivity contribution in [2.45, 2.75) is 25.9 Å². The fraction of sp³-hybridized carbons (Fsp3) is 0.643. The summed E-state index contributed by atoms with van der Waals surface area (Å²) < 4.78 is 1.74. The van der Waals surface area contributed by atoms with Crippen LogP contribution in [0.5, 0.6) is 0 Å². The summed E-state index contributed by atoms with van der Waals surface area (Å²) in [5, 5.41) is 5.01. The highest BCUT2D eigenvalue weighted by atomic mass is 15.3. The molecule has 1 aliphatic rings. The van der Waals surface area contributed by atoms with E-state index in [1.807, 2.05) is 7.05 Å². The van der Waals surface area contributed by atoms with Gasteiger partial charge in [-0.2, -0.15) is 5.10 Å². The van der Waals surface area contributed by atoms with Crippen molar-refractivity contribution < 1.29 is 0 Å². The van der Waals surface area contributed by atoms with Crippen molar-refractivity contribution in [1.29, 1.82) is 0 Å². The molecule has 1 aliphatic heterocycles. The summed E-state index contributed by atoms with van der Waals surface area (Å²) in [7, 11) is 4.05. The molecule has 0 atom stereocenters. The van der Waals surface area contributed by atoms with Gasteiger partial charge in [-0.15, -0.1) is 0 Å². The van der Waals surface area contributed by atoms with Gasteiger partial charge in [-0.3, -0.25) is 14.5 Å². The van der Waals surface area contributed by atoms with Gasteiger partial charge in [0.15, 0.2) is 5.65 Å². The second-order valence-corrected chi connectivity index (χ2v) is 6.48. The van der Waals surface area contributed by atoms with E-state index in [2.05, 4.69) is 45.8 Å². The van der Waals surface area contributed by atoms with E-state index in [4.69, 9.17) is 5.73 Å². The molecule has 114 valence electrons. The number of aryl methyl sites for hydroxylation is 1. The first-order chi connectivity index (χ1) is 9.87. The lowest BCUT2D eigenvalue weighted by Gasteiger charge is -2.45. The van der Waals surface area contributed by atoms with Gasteiger partial charge in [0.1, 0.15) is 11.6 Å². The minimum atomic E-state index is 0.167. The Bertz CT molecular complexity index is 661. The maximum absolute atomic E-state index is 6.02. The van der Waals surface area contributed by atoms with E-state index in [0.29, 0.717) is 5.82 Å². The first-order valence-electron chi connectivity index (χ1n) is 7.24. The van der Waals surface area contributed by atoms with Gasteiger partial charge in [-0.25, -0.2) is 9.97 Å². The highest BCUT2D eigenvalue weighted by Gasteiger charge is 2.31. The Balaban J connectivity index is 1.83. The molecule has 3 rings (SSSR count). The predicted octanol–water partition coefficient (Wildman–Crippen LogP) is 0.472. The van der Waals surface area contributed by atoms with Crippen LogP contribution in [0.15, 0.2) is 6.20 Å². The van der Waals surface area contributed by atoms with Crippen molar-refractivity contribution in [2.24, 2.45) is 7.05 Å². The molecule has 7 nitrogen and oxygen atoms in total. The molecule has 0 amide bonds. The summed E-state index contributed by atoms with van der Waals surface area (Å²) in [5.74, 6) is 1.28. The van der Waals surface area contributed by atoms with Crippen LogP contribution in [0.4, 0.5) is 5.82 Å². The third-order valence-corrected chi connectivity index (χ3v) is 4.43. The van der Waals surface area contributed by atoms with Gasteiger partial charge >= 0.3 is 0 Å². The van der Waals surface area contributed by atoms with Crippen LogP contribution in [0.2, 0.25) is 0 Å². The van der Waals surface area contributed by atoms with Crippen LogP contribution in [0, 0.1) is 0 Å². The molecule has 3 heterocycles. The number of nitrogens with two attached hydrogens (primary N) is 1. The van der Waals surface area contributed by atoms with Crippen molar-refractivity contribution in [2.75, 3.05) is 32.4 Å². The third kappa shape index (κ3) is 2.58. The number of rotatable bonds is 2. The van der Waals surface area contributed by atoms with Crippen LogP contribution in [-0.4, -0.2) is 61.8 Å². The fourth-order valence-corrected chi connectivity index (χ4v) is 2.84. The van der Waals surface area contributed by atoms with E-state index >= 15 is 0 Å². The summed E-state index contributed by atoms with van der Waals surface area (Å²) >= 11 is 0. The Hall–Kier alpha value is -1.73. The summed E-state index contributed by atoms with van der Waals surface area (Å²) in [6.45, 7) is 8.32. The molecule has 21 heavy (non-hydrogen) atoms. The van der Waals surface area contributed by atoms with E-state index in [1.54, 1.807) is 10.9 Å². The maximum atomic E-state index is 6.02. The lowest BCUT2D eigenvalue weighted by Crippen LogP contribution is -2.57. The molecule has 0 bridgehead atoms. The zero-order valence-corrected chi connectivity index (χ0v) is 13.2. The molecule has 2 N–H and O–H groups in total. The van der Waals surface area contributed by atoms with Crippen LogP contribution in [0.1, 0.15) is 19.7 Å². The monoisotopic (exact) mass is 289 g/mol. The molecule has 0 unspecified atom stereocenters. The molecule has 0 aromatic carbocycles. The Labute approximate surface area is 124 Å². The Morgan fingerprint density at radius 2 is 2.00 bits per heavy atom. The standard InChI is InChI=1S/C14H23N7/c1-14(2)9-21(6-5-19(14)3)8-11-17-12(15)10-7-16-20(4)13(10)18-11/h7H,5-6,8-9H2,1-4H3,(H2,15,17,18). The highest BCUT2D eigenvalue weighted by molar-refractivity contribution is 5.84. The van der Waals surface area contributed by atoms with Crippen molar-refractivity contribution >= 4 is 16.9 Å². The maximum Gasteiger partial charge on any atom is 0.163 e. The normalized spacial score (nSPS) is 20.2. The van der Waals surface area contributed by atoms with Gasteiger partial charge in [0.2, 0.25) is 0 Å². The molecule has 0 saturated carbocycles. The fourth-order valence-electron chi connectivity index (χ4n) is 2.84. The van der Waals surface area contributed by atoms with Crippen molar-refractivity contribution in [1.82, 2.24) is 29.5 Å². The van der Waals surface area contributed by atoms with Crippen molar-refractivity contribution in [3.63, 3.8) is 0 Å². The summed E-state index contributed by atoms with van der Waals surface area (Å²) in [4.78, 5) is 13.8. The van der Waals surface area contributed by atoms with E-state index < -0.39 is 0 Å². The van der Waals surface area contributed by atoms with Gasteiger partial charge in [-0.1, -0.05) is 0 Å². The number of nitrogen functional groups attached to an aromatic ring is 1. The van der Waals surface area contributed by atoms with E-state index in [1.165, 1.54) is 0 Å². The van der Waals surface area contributed by atoms with Crippen LogP contribution in [-0.2, 0) is 13.6 Å². The number of hydrogen-bond acceptors (Lipinski definition) is 6. The van der Waals surface area contributed by atoms with Crippen LogP contribution in [0.3, 0.4) is 0 Å². The molecule has 2 aromatic rings. The second-order valence-electron chi connectivity index (χ2n) is 6.48. The van der Waals surface area contributed by atoms with Crippen LogP contribution >= 0.6 is 0 Å². The first kappa shape index (κ1) is 14.2. The topological polar surface area (TPSA) is 76.1 Å². The third-order valence-electron chi connectivity index (χ3n) is 4.43. The number of piperazine rings is 1. The minimum absolute atomic E-state index is 0.167. The molecular formula is C14H23N7. The van der Waals surface area contributed by atoms with Gasteiger partial charge in [0, 0.05) is 32.2 Å². The average Bonchev–Trinajstić information content (AvgIpc) is 2.76. The molecular weight excluding hydrogens is 266 g/mol. The molecule has 7 heteroatoms. The highest BCUT2D eigenvalue weighted by Crippen LogP contribution is 2.21. The Morgan fingerprint density at radius 1 is 1.24 bits per heavy atom. The molecule has 0 radical (unpaired) electrons. The zero-order chi connectivity index (χ0) is 15.2. The molecule has 2 aromatic heterocycles. The predicted molar refractivity (Wildman–Crippen MR) is 82.7 cm³/mol. The summed E-state index contributed by atoms with van der Waals surface area (Å²) in [6.07, 6.45) is 1.72. The van der Waals surface area contributed by atoms with Gasteiger partial charge < -0.3 is 5.73 Å². The first-order valence-corrected chi connectivity index (χ1v) is 7.24. The molecule has 1 fully saturated rings. The quantitative estimate of drug-likeness (QED) is 0.866. The SMILES string of the molecule is CN1CCN(Cc2nc(N)c3cnn(C)c3n2)CC1(C)C. The lowest BCUT2D eigenvalue weighted by molar-refractivity contribution is 0.0348. The number of likely N-dealkylation sites (N-methyl/N-ethyl adjacent to an activating group) is 1. The number of anilines is 1. The smallest absolute Gasteiger partial charge is 0.163 e. The zero-order valence-electron chi connectivity index (χ0n) is 13.2. The second kappa shape index (κ2) is 4.92. The molecule has 0 spiro atoms. The summed E-state index contributed by atoms with van der Waals surface area (Å²) in [6, 6.07) is 0. The summed E-state index contributed by atoms with van der Waals surface area (Å²) in [5.41, 5.74) is 6.98. The lowest BCUT2D eigenvalue weighted by atomic mass is 10.00. The molecule has 0 aliphatic carbocycles. The van der Waals surface area contributed by atoms with Gasteiger partial charge in [0.05, 0.1) is 18.1 Å².